The predicted molar refractivity (Wildman–Crippen MR) is 79.2 cm³/mol. The van der Waals surface area contributed by atoms with Crippen LogP contribution in [0.25, 0.3) is 4.98 Å². The zero-order valence-corrected chi connectivity index (χ0v) is 13.7. The first-order chi connectivity index (χ1) is 10.9. The van der Waals surface area contributed by atoms with Crippen molar-refractivity contribution in [1.29, 1.82) is 5.39 Å². The molecular weight excluding hydrogens is 351 g/mol. The molecule has 1 heterocycles. The maximum absolute atomic E-state index is 10.7. The minimum Gasteiger partial charge on any atom is -0.741 e. The van der Waals surface area contributed by atoms with Crippen molar-refractivity contribution in [1.82, 2.24) is 0 Å². The highest BCUT2D eigenvalue weighted by Gasteiger charge is 2.36. The fraction of sp³-hybridized carbons (Fsp3) is 0.538. The summed E-state index contributed by atoms with van der Waals surface area (Å²) >= 11 is 0. The summed E-state index contributed by atoms with van der Waals surface area (Å²) in [4.78, 5) is 5.44. The summed E-state index contributed by atoms with van der Waals surface area (Å²) in [7, 11) is -6.09. The number of rotatable bonds is 1. The van der Waals surface area contributed by atoms with E-state index in [1.54, 1.807) is 12.1 Å². The van der Waals surface area contributed by atoms with E-state index in [2.05, 4.69) is 23.7 Å². The lowest BCUT2D eigenvalue weighted by Crippen LogP contribution is -2.45. The molecule has 134 valence electrons. The highest BCUT2D eigenvalue weighted by atomic mass is 32.2. The second kappa shape index (κ2) is 7.78. The number of benzene rings is 1. The molecule has 1 fully saturated rings. The number of anilines is 1. The molecule has 0 bridgehead atoms. The second-order valence-electron chi connectivity index (χ2n) is 5.18. The van der Waals surface area contributed by atoms with Gasteiger partial charge in [-0.05, 0) is 26.0 Å². The summed E-state index contributed by atoms with van der Waals surface area (Å²) in [6.45, 7) is 5.97. The van der Waals surface area contributed by atoms with Gasteiger partial charge in [-0.15, -0.1) is 0 Å². The molecule has 0 radical (unpaired) electrons. The van der Waals surface area contributed by atoms with E-state index in [0.29, 0.717) is 5.69 Å². The number of morpholine rings is 1. The van der Waals surface area contributed by atoms with Gasteiger partial charge >= 0.3 is 11.2 Å². The quantitative estimate of drug-likeness (QED) is 0.430. The van der Waals surface area contributed by atoms with Crippen LogP contribution in [0.1, 0.15) is 13.8 Å². The lowest BCUT2D eigenvalue weighted by Gasteiger charge is -2.36. The van der Waals surface area contributed by atoms with Gasteiger partial charge in [-0.3, -0.25) is 0 Å². The Bertz CT molecular complexity index is 676. The monoisotopic (exact) mass is 367 g/mol. The van der Waals surface area contributed by atoms with Crippen LogP contribution in [0.2, 0.25) is 0 Å². The Balaban J connectivity index is 0.000000307. The third-order valence-electron chi connectivity index (χ3n) is 3.03. The van der Waals surface area contributed by atoms with Crippen LogP contribution in [0, 0.1) is 5.39 Å². The molecule has 24 heavy (non-hydrogen) atoms. The number of nitrogens with zero attached hydrogens (tertiary/aromatic N) is 3. The van der Waals surface area contributed by atoms with Crippen LogP contribution in [0.4, 0.5) is 24.5 Å². The van der Waals surface area contributed by atoms with Crippen LogP contribution >= 0.6 is 0 Å². The Kier molecular flexibility index (Phi) is 6.53. The molecule has 2 atom stereocenters. The Hall–Kier alpha value is -1.90. The van der Waals surface area contributed by atoms with Gasteiger partial charge in [0.2, 0.25) is 5.39 Å². The summed E-state index contributed by atoms with van der Waals surface area (Å²) in [5.41, 5.74) is -3.92. The average Bonchev–Trinajstić information content (AvgIpc) is 2.45. The number of halogens is 3. The number of alkyl halides is 3. The highest BCUT2D eigenvalue weighted by molar-refractivity contribution is 7.86. The van der Waals surface area contributed by atoms with Gasteiger partial charge in [-0.2, -0.15) is 13.2 Å². The Morgan fingerprint density at radius 3 is 1.96 bits per heavy atom. The Morgan fingerprint density at radius 2 is 1.62 bits per heavy atom. The molecule has 7 nitrogen and oxygen atoms in total. The van der Waals surface area contributed by atoms with Crippen molar-refractivity contribution in [2.75, 3.05) is 18.0 Å². The van der Waals surface area contributed by atoms with Gasteiger partial charge in [0.25, 0.3) is 0 Å². The normalized spacial score (nSPS) is 21.5. The van der Waals surface area contributed by atoms with Gasteiger partial charge in [0.1, 0.15) is 0 Å². The van der Waals surface area contributed by atoms with E-state index >= 15 is 0 Å². The molecule has 0 aromatic heterocycles. The van der Waals surface area contributed by atoms with Crippen molar-refractivity contribution < 1.29 is 30.9 Å². The molecule has 1 aromatic carbocycles. The topological polar surface area (TPSA) is 97.8 Å². The van der Waals surface area contributed by atoms with Gasteiger partial charge in [-0.25, -0.2) is 8.42 Å². The first kappa shape index (κ1) is 20.1. The van der Waals surface area contributed by atoms with Gasteiger partial charge in [-0.1, -0.05) is 0 Å². The summed E-state index contributed by atoms with van der Waals surface area (Å²) in [5.74, 6) is 0. The van der Waals surface area contributed by atoms with E-state index < -0.39 is 15.6 Å². The smallest absolute Gasteiger partial charge is 0.485 e. The first-order valence-electron chi connectivity index (χ1n) is 6.81. The van der Waals surface area contributed by atoms with Crippen molar-refractivity contribution >= 4 is 21.5 Å². The molecule has 1 aliphatic rings. The standard InChI is InChI=1S/C12H16N3O.CHF3O3S/c1-9-7-15(8-10(2)16-9)12-5-3-11(14-13)4-6-12;2-1(3,4)8(5,6)7/h3-6,9-10H,7-8H2,1-2H3;(H,5,6,7)/q+1;/p-1. The van der Waals surface area contributed by atoms with E-state index in [1.807, 2.05) is 12.1 Å². The van der Waals surface area contributed by atoms with Crippen LogP contribution in [0.5, 0.6) is 0 Å². The predicted octanol–water partition coefficient (Wildman–Crippen LogP) is 2.84. The number of ether oxygens (including phenoxy) is 1. The minimum absolute atomic E-state index is 0.256. The maximum Gasteiger partial charge on any atom is 0.485 e. The van der Waals surface area contributed by atoms with Crippen molar-refractivity contribution in [3.63, 3.8) is 0 Å². The summed E-state index contributed by atoms with van der Waals surface area (Å²) in [5, 5.41) is 8.61. The van der Waals surface area contributed by atoms with Crippen molar-refractivity contribution in [3.8, 4) is 0 Å². The molecule has 11 heteroatoms. The summed E-state index contributed by atoms with van der Waals surface area (Å²) in [6, 6.07) is 7.56. The fourth-order valence-electron chi connectivity index (χ4n) is 2.12. The molecular formula is C13H16F3N3O4S. The zero-order chi connectivity index (χ0) is 18.5. The van der Waals surface area contributed by atoms with E-state index in [4.69, 9.17) is 23.1 Å². The van der Waals surface area contributed by atoms with E-state index in [0.717, 1.165) is 18.8 Å². The van der Waals surface area contributed by atoms with Gasteiger partial charge in [0.15, 0.2) is 15.1 Å². The van der Waals surface area contributed by atoms with Crippen LogP contribution < -0.4 is 4.90 Å². The SMILES string of the molecule is CC1CN(c2ccc([N+]#N)cc2)CC(C)O1.O=S(=O)([O-])C(F)(F)F. The van der Waals surface area contributed by atoms with Crippen molar-refractivity contribution in [2.24, 2.45) is 0 Å². The number of diazo groups is 1. The zero-order valence-electron chi connectivity index (χ0n) is 12.9. The van der Waals surface area contributed by atoms with Crippen LogP contribution in [0.15, 0.2) is 24.3 Å². The van der Waals surface area contributed by atoms with Crippen molar-refractivity contribution in [2.45, 2.75) is 31.6 Å². The molecule has 1 aromatic rings. The third kappa shape index (κ3) is 5.95. The molecule has 0 aliphatic carbocycles. The molecule has 0 amide bonds. The largest absolute Gasteiger partial charge is 0.741 e. The summed E-state index contributed by atoms with van der Waals surface area (Å²) < 4.78 is 64.6. The van der Waals surface area contributed by atoms with Crippen LogP contribution in [0.3, 0.4) is 0 Å². The van der Waals surface area contributed by atoms with Gasteiger partial charge in [0, 0.05) is 30.9 Å². The number of hydrogen-bond donors (Lipinski definition) is 0. The van der Waals surface area contributed by atoms with Gasteiger partial charge < -0.3 is 14.2 Å². The molecule has 0 saturated carbocycles. The lowest BCUT2D eigenvalue weighted by atomic mass is 10.2. The van der Waals surface area contributed by atoms with Crippen LogP contribution in [-0.2, 0) is 14.9 Å². The van der Waals surface area contributed by atoms with Crippen LogP contribution in [-0.4, -0.2) is 43.8 Å². The fourth-order valence-corrected chi connectivity index (χ4v) is 2.12. The van der Waals surface area contributed by atoms with Crippen molar-refractivity contribution in [3.05, 3.63) is 29.2 Å². The summed E-state index contributed by atoms with van der Waals surface area (Å²) in [6.07, 6.45) is 0.511. The average molecular weight is 367 g/mol. The molecule has 0 N–H and O–H groups in total. The lowest BCUT2D eigenvalue weighted by molar-refractivity contribution is -0.0517. The van der Waals surface area contributed by atoms with E-state index in [9.17, 15) is 13.2 Å². The maximum atomic E-state index is 10.7. The molecule has 1 aliphatic heterocycles. The minimum atomic E-state index is -6.09. The van der Waals surface area contributed by atoms with E-state index in [-0.39, 0.29) is 12.2 Å². The molecule has 1 saturated heterocycles. The van der Waals surface area contributed by atoms with Gasteiger partial charge in [0.05, 0.1) is 12.2 Å². The first-order valence-corrected chi connectivity index (χ1v) is 8.22. The second-order valence-corrected chi connectivity index (χ2v) is 6.55. The number of hydrogen-bond acceptors (Lipinski definition) is 6. The Morgan fingerprint density at radius 1 is 1.21 bits per heavy atom. The Labute approximate surface area is 137 Å². The third-order valence-corrected chi connectivity index (χ3v) is 3.60. The molecule has 2 rings (SSSR count). The highest BCUT2D eigenvalue weighted by Crippen LogP contribution is 2.23. The molecule has 0 spiro atoms. The molecule has 2 unspecified atom stereocenters. The van der Waals surface area contributed by atoms with E-state index in [1.165, 1.54) is 0 Å².